The van der Waals surface area contributed by atoms with Gasteiger partial charge in [0.1, 0.15) is 0 Å². The molecule has 0 radical (unpaired) electrons. The van der Waals surface area contributed by atoms with Crippen molar-refractivity contribution in [3.63, 3.8) is 0 Å². The van der Waals surface area contributed by atoms with E-state index in [0.717, 1.165) is 12.8 Å². The molecule has 3 amide bonds. The van der Waals surface area contributed by atoms with Crippen LogP contribution in [-0.2, 0) is 4.79 Å². The number of rotatable bonds is 5. The molecule has 2 aliphatic rings. The van der Waals surface area contributed by atoms with Crippen LogP contribution in [0.2, 0.25) is 0 Å². The number of urea groups is 1. The average molecular weight is 330 g/mol. The van der Waals surface area contributed by atoms with Crippen LogP contribution in [0.25, 0.3) is 0 Å². The molecular weight excluding hydrogens is 304 g/mol. The third kappa shape index (κ3) is 4.47. The minimum Gasteiger partial charge on any atom is -0.338 e. The Labute approximate surface area is 142 Å². The van der Waals surface area contributed by atoms with Gasteiger partial charge >= 0.3 is 6.03 Å². The summed E-state index contributed by atoms with van der Waals surface area (Å²) in [5.41, 5.74) is 1.38. The molecule has 24 heavy (non-hydrogen) atoms. The zero-order valence-corrected chi connectivity index (χ0v) is 14.1. The third-order valence-corrected chi connectivity index (χ3v) is 4.79. The molecule has 2 atom stereocenters. The van der Waals surface area contributed by atoms with Crippen LogP contribution < -0.4 is 21.3 Å². The molecule has 6 heteroatoms. The van der Waals surface area contributed by atoms with E-state index in [4.69, 9.17) is 0 Å². The molecule has 130 valence electrons. The van der Waals surface area contributed by atoms with Crippen molar-refractivity contribution in [2.45, 2.75) is 51.1 Å². The number of amides is 3. The highest BCUT2D eigenvalue weighted by Gasteiger charge is 2.34. The zero-order valence-electron chi connectivity index (χ0n) is 14.1. The topological polar surface area (TPSA) is 82.3 Å². The minimum absolute atomic E-state index is 0.0523. The lowest BCUT2D eigenvalue weighted by Gasteiger charge is -2.28. The van der Waals surface area contributed by atoms with Crippen LogP contribution in [0.5, 0.6) is 0 Å². The lowest BCUT2D eigenvalue weighted by Crippen LogP contribution is -2.39. The Hall–Kier alpha value is -2.08. The van der Waals surface area contributed by atoms with Crippen molar-refractivity contribution < 1.29 is 9.59 Å². The van der Waals surface area contributed by atoms with Crippen LogP contribution in [0.1, 0.15) is 39.0 Å². The van der Waals surface area contributed by atoms with E-state index >= 15 is 0 Å². The molecular formula is C18H26N4O2. The Morgan fingerprint density at radius 1 is 1.12 bits per heavy atom. The van der Waals surface area contributed by atoms with Gasteiger partial charge in [0, 0.05) is 36.4 Å². The highest BCUT2D eigenvalue weighted by Crippen LogP contribution is 2.32. The van der Waals surface area contributed by atoms with E-state index in [9.17, 15) is 9.59 Å². The maximum Gasteiger partial charge on any atom is 0.319 e. The van der Waals surface area contributed by atoms with E-state index in [-0.39, 0.29) is 11.9 Å². The van der Waals surface area contributed by atoms with Crippen molar-refractivity contribution in [1.29, 1.82) is 0 Å². The SMILES string of the molecule is CCNC(=O)Nc1cccc(NC(=O)CC2CC3CCC(C2)N3)c1. The summed E-state index contributed by atoms with van der Waals surface area (Å²) in [5.74, 6) is 0.525. The molecule has 3 rings (SSSR count). The maximum atomic E-state index is 12.3. The summed E-state index contributed by atoms with van der Waals surface area (Å²) in [4.78, 5) is 23.9. The Kier molecular flexibility index (Phi) is 5.35. The van der Waals surface area contributed by atoms with E-state index < -0.39 is 0 Å². The molecule has 0 saturated carbocycles. The molecule has 2 heterocycles. The number of piperidine rings is 1. The first-order valence-electron chi connectivity index (χ1n) is 8.83. The van der Waals surface area contributed by atoms with Crippen molar-refractivity contribution in [2.24, 2.45) is 5.92 Å². The number of hydrogen-bond acceptors (Lipinski definition) is 3. The summed E-state index contributed by atoms with van der Waals surface area (Å²) >= 11 is 0. The van der Waals surface area contributed by atoms with Gasteiger partial charge in [-0.2, -0.15) is 0 Å². The fourth-order valence-corrected chi connectivity index (χ4v) is 3.83. The van der Waals surface area contributed by atoms with E-state index in [1.807, 2.05) is 19.1 Å². The van der Waals surface area contributed by atoms with Crippen molar-refractivity contribution >= 4 is 23.3 Å². The van der Waals surface area contributed by atoms with Gasteiger partial charge in [-0.25, -0.2) is 4.79 Å². The molecule has 0 spiro atoms. The molecule has 0 aromatic heterocycles. The van der Waals surface area contributed by atoms with Gasteiger partial charge in [0.2, 0.25) is 5.91 Å². The summed E-state index contributed by atoms with van der Waals surface area (Å²) < 4.78 is 0. The van der Waals surface area contributed by atoms with Gasteiger partial charge in [-0.3, -0.25) is 4.79 Å². The summed E-state index contributed by atoms with van der Waals surface area (Å²) in [7, 11) is 0. The van der Waals surface area contributed by atoms with Crippen LogP contribution in [0.4, 0.5) is 16.2 Å². The lowest BCUT2D eigenvalue weighted by molar-refractivity contribution is -0.117. The van der Waals surface area contributed by atoms with Crippen LogP contribution in [-0.4, -0.2) is 30.6 Å². The Morgan fingerprint density at radius 2 is 1.79 bits per heavy atom. The molecule has 2 fully saturated rings. The minimum atomic E-state index is -0.244. The van der Waals surface area contributed by atoms with Gasteiger partial charge in [-0.05, 0) is 56.7 Å². The second-order valence-electron chi connectivity index (χ2n) is 6.79. The van der Waals surface area contributed by atoms with Gasteiger partial charge in [0.15, 0.2) is 0 Å². The van der Waals surface area contributed by atoms with E-state index in [0.29, 0.717) is 42.3 Å². The van der Waals surface area contributed by atoms with Gasteiger partial charge in [-0.15, -0.1) is 0 Å². The number of fused-ring (bicyclic) bond motifs is 2. The van der Waals surface area contributed by atoms with Crippen molar-refractivity contribution in [1.82, 2.24) is 10.6 Å². The summed E-state index contributed by atoms with van der Waals surface area (Å²) in [6.45, 7) is 2.43. The predicted octanol–water partition coefficient (Wildman–Crippen LogP) is 2.69. The highest BCUT2D eigenvalue weighted by molar-refractivity contribution is 5.93. The molecule has 2 bridgehead atoms. The van der Waals surface area contributed by atoms with Crippen molar-refractivity contribution in [3.05, 3.63) is 24.3 Å². The van der Waals surface area contributed by atoms with E-state index in [1.54, 1.807) is 12.1 Å². The molecule has 2 unspecified atom stereocenters. The molecule has 1 aromatic carbocycles. The van der Waals surface area contributed by atoms with E-state index in [1.165, 1.54) is 12.8 Å². The number of carbonyl (C=O) groups excluding carboxylic acids is 2. The normalized spacial score (nSPS) is 25.1. The van der Waals surface area contributed by atoms with E-state index in [2.05, 4.69) is 21.3 Å². The molecule has 1 aromatic rings. The van der Waals surface area contributed by atoms with Crippen LogP contribution in [0, 0.1) is 5.92 Å². The first kappa shape index (κ1) is 16.8. The highest BCUT2D eigenvalue weighted by atomic mass is 16.2. The molecule has 4 N–H and O–H groups in total. The quantitative estimate of drug-likeness (QED) is 0.670. The number of nitrogens with one attached hydrogen (secondary N) is 4. The predicted molar refractivity (Wildman–Crippen MR) is 95.1 cm³/mol. The fourth-order valence-electron chi connectivity index (χ4n) is 3.83. The second-order valence-corrected chi connectivity index (χ2v) is 6.79. The molecule has 2 aliphatic heterocycles. The second kappa shape index (κ2) is 7.66. The fraction of sp³-hybridized carbons (Fsp3) is 0.556. The van der Waals surface area contributed by atoms with Gasteiger partial charge in [0.05, 0.1) is 0 Å². The Morgan fingerprint density at radius 3 is 2.46 bits per heavy atom. The smallest absolute Gasteiger partial charge is 0.319 e. The average Bonchev–Trinajstić information content (AvgIpc) is 2.86. The molecule has 0 aliphatic carbocycles. The first-order valence-corrected chi connectivity index (χ1v) is 8.83. The summed E-state index contributed by atoms with van der Waals surface area (Å²) in [5, 5.41) is 12.0. The zero-order chi connectivity index (χ0) is 16.9. The number of benzene rings is 1. The van der Waals surface area contributed by atoms with Crippen molar-refractivity contribution in [3.8, 4) is 0 Å². The standard InChI is InChI=1S/C18H26N4O2/c1-2-19-18(24)22-14-5-3-4-13(11-14)21-17(23)10-12-8-15-6-7-16(9-12)20-15/h3-5,11-12,15-16,20H,2,6-10H2,1H3,(H,21,23)(H2,19,22,24). The Bertz CT molecular complexity index is 592. The van der Waals surface area contributed by atoms with Gasteiger partial charge in [0.25, 0.3) is 0 Å². The lowest BCUT2D eigenvalue weighted by atomic mass is 9.89. The van der Waals surface area contributed by atoms with Crippen molar-refractivity contribution in [2.75, 3.05) is 17.2 Å². The molecule has 6 nitrogen and oxygen atoms in total. The summed E-state index contributed by atoms with van der Waals surface area (Å²) in [6.07, 6.45) is 5.26. The first-order chi connectivity index (χ1) is 11.6. The third-order valence-electron chi connectivity index (χ3n) is 4.79. The summed E-state index contributed by atoms with van der Waals surface area (Å²) in [6, 6.07) is 8.20. The Balaban J connectivity index is 1.51. The largest absolute Gasteiger partial charge is 0.338 e. The van der Waals surface area contributed by atoms with Crippen LogP contribution in [0.3, 0.4) is 0 Å². The number of hydrogen-bond donors (Lipinski definition) is 4. The van der Waals surface area contributed by atoms with Gasteiger partial charge < -0.3 is 21.3 Å². The monoisotopic (exact) mass is 330 g/mol. The van der Waals surface area contributed by atoms with Crippen LogP contribution in [0.15, 0.2) is 24.3 Å². The van der Waals surface area contributed by atoms with Crippen LogP contribution >= 0.6 is 0 Å². The maximum absolute atomic E-state index is 12.3. The molecule has 2 saturated heterocycles. The number of anilines is 2. The number of carbonyl (C=O) groups is 2. The van der Waals surface area contributed by atoms with Gasteiger partial charge in [-0.1, -0.05) is 6.07 Å².